The fourth-order valence-corrected chi connectivity index (χ4v) is 1.34. The van der Waals surface area contributed by atoms with E-state index in [-0.39, 0.29) is 5.82 Å². The van der Waals surface area contributed by atoms with Crippen LogP contribution in [-0.4, -0.2) is 7.11 Å². The van der Waals surface area contributed by atoms with E-state index in [1.165, 1.54) is 12.1 Å². The molecule has 0 N–H and O–H groups in total. The van der Waals surface area contributed by atoms with Crippen molar-refractivity contribution in [3.63, 3.8) is 0 Å². The van der Waals surface area contributed by atoms with Gasteiger partial charge in [-0.2, -0.15) is 0 Å². The molecular weight excluding hydrogens is 179 g/mol. The van der Waals surface area contributed by atoms with Gasteiger partial charge in [0.1, 0.15) is 5.82 Å². The number of methoxy groups -OCH3 is 1. The quantitative estimate of drug-likeness (QED) is 0.717. The predicted molar refractivity (Wildman–Crippen MR) is 56.5 cm³/mol. The molecule has 0 spiro atoms. The molecule has 14 heavy (non-hydrogen) atoms. The van der Waals surface area contributed by atoms with E-state index < -0.39 is 5.60 Å². The molecule has 0 unspecified atom stereocenters. The van der Waals surface area contributed by atoms with Gasteiger partial charge in [0.2, 0.25) is 0 Å². The third kappa shape index (κ3) is 2.02. The first-order valence-corrected chi connectivity index (χ1v) is 4.49. The molecular formula is C12H15FO. The van der Waals surface area contributed by atoms with Crippen molar-refractivity contribution in [1.82, 2.24) is 0 Å². The van der Waals surface area contributed by atoms with Crippen LogP contribution in [0.1, 0.15) is 25.0 Å². The molecule has 0 amide bonds. The van der Waals surface area contributed by atoms with Crippen LogP contribution in [0, 0.1) is 5.82 Å². The molecule has 76 valence electrons. The lowest BCUT2D eigenvalue weighted by Gasteiger charge is -2.25. The SMILES string of the molecule is C=Cc1ccc(F)cc1C(C)(C)OC. The predicted octanol–water partition coefficient (Wildman–Crippen LogP) is 3.35. The summed E-state index contributed by atoms with van der Waals surface area (Å²) in [5.74, 6) is -0.254. The van der Waals surface area contributed by atoms with Crippen LogP contribution in [0.2, 0.25) is 0 Å². The van der Waals surface area contributed by atoms with Crippen molar-refractivity contribution >= 4 is 6.08 Å². The summed E-state index contributed by atoms with van der Waals surface area (Å²) in [7, 11) is 1.61. The second-order valence-electron chi connectivity index (χ2n) is 3.65. The molecule has 0 radical (unpaired) electrons. The summed E-state index contributed by atoms with van der Waals surface area (Å²) in [5.41, 5.74) is 1.22. The van der Waals surface area contributed by atoms with E-state index in [9.17, 15) is 4.39 Å². The molecule has 0 fully saturated rings. The van der Waals surface area contributed by atoms with Gasteiger partial charge in [0.15, 0.2) is 0 Å². The van der Waals surface area contributed by atoms with Gasteiger partial charge in [-0.25, -0.2) is 4.39 Å². The molecule has 1 aromatic carbocycles. The second-order valence-corrected chi connectivity index (χ2v) is 3.65. The third-order valence-electron chi connectivity index (χ3n) is 2.39. The van der Waals surface area contributed by atoms with Crippen LogP contribution in [0.3, 0.4) is 0 Å². The van der Waals surface area contributed by atoms with Crippen LogP contribution < -0.4 is 0 Å². The van der Waals surface area contributed by atoms with Gasteiger partial charge in [-0.3, -0.25) is 0 Å². The van der Waals surface area contributed by atoms with Gasteiger partial charge in [0.05, 0.1) is 5.60 Å². The zero-order valence-corrected chi connectivity index (χ0v) is 8.80. The number of rotatable bonds is 3. The Morgan fingerprint density at radius 2 is 2.07 bits per heavy atom. The van der Waals surface area contributed by atoms with Crippen LogP contribution in [0.25, 0.3) is 6.08 Å². The van der Waals surface area contributed by atoms with Crippen LogP contribution in [0.5, 0.6) is 0 Å². The molecule has 0 aliphatic rings. The summed E-state index contributed by atoms with van der Waals surface area (Å²) >= 11 is 0. The maximum atomic E-state index is 13.1. The van der Waals surface area contributed by atoms with Gasteiger partial charge in [0, 0.05) is 7.11 Å². The van der Waals surface area contributed by atoms with E-state index in [1.54, 1.807) is 19.3 Å². The van der Waals surface area contributed by atoms with Crippen LogP contribution in [0.4, 0.5) is 4.39 Å². The molecule has 0 bridgehead atoms. The highest BCUT2D eigenvalue weighted by molar-refractivity contribution is 5.53. The number of benzene rings is 1. The number of halogens is 1. The van der Waals surface area contributed by atoms with Gasteiger partial charge in [-0.1, -0.05) is 18.7 Å². The lowest BCUT2D eigenvalue weighted by molar-refractivity contribution is 0.0188. The largest absolute Gasteiger partial charge is 0.374 e. The highest BCUT2D eigenvalue weighted by Gasteiger charge is 2.22. The van der Waals surface area contributed by atoms with Crippen LogP contribution in [-0.2, 0) is 10.3 Å². The zero-order valence-electron chi connectivity index (χ0n) is 8.80. The van der Waals surface area contributed by atoms with Crippen molar-refractivity contribution < 1.29 is 9.13 Å². The molecule has 0 saturated heterocycles. The summed E-state index contributed by atoms with van der Waals surface area (Å²) in [6.45, 7) is 7.49. The van der Waals surface area contributed by atoms with Crippen LogP contribution >= 0.6 is 0 Å². The summed E-state index contributed by atoms with van der Waals surface area (Å²) in [6.07, 6.45) is 1.70. The number of ether oxygens (including phenoxy) is 1. The van der Waals surface area contributed by atoms with Gasteiger partial charge >= 0.3 is 0 Å². The van der Waals surface area contributed by atoms with Gasteiger partial charge in [-0.15, -0.1) is 0 Å². The lowest BCUT2D eigenvalue weighted by Crippen LogP contribution is -2.20. The highest BCUT2D eigenvalue weighted by Crippen LogP contribution is 2.28. The standard InChI is InChI=1S/C12H15FO/c1-5-9-6-7-10(13)8-11(9)12(2,3)14-4/h5-8H,1H2,2-4H3. The van der Waals surface area contributed by atoms with Crippen molar-refractivity contribution in [3.05, 3.63) is 41.7 Å². The van der Waals surface area contributed by atoms with Crippen molar-refractivity contribution in [2.45, 2.75) is 19.4 Å². The van der Waals surface area contributed by atoms with Crippen molar-refractivity contribution in [1.29, 1.82) is 0 Å². The second kappa shape index (κ2) is 3.93. The molecule has 1 rings (SSSR count). The van der Waals surface area contributed by atoms with E-state index >= 15 is 0 Å². The topological polar surface area (TPSA) is 9.23 Å². The lowest BCUT2D eigenvalue weighted by atomic mass is 9.93. The zero-order chi connectivity index (χ0) is 10.8. The van der Waals surface area contributed by atoms with Crippen molar-refractivity contribution in [2.24, 2.45) is 0 Å². The molecule has 0 aliphatic heterocycles. The van der Waals surface area contributed by atoms with E-state index in [0.29, 0.717) is 0 Å². The summed E-state index contributed by atoms with van der Waals surface area (Å²) in [4.78, 5) is 0. The van der Waals surface area contributed by atoms with E-state index in [1.807, 2.05) is 13.8 Å². The Bertz CT molecular complexity index is 342. The minimum Gasteiger partial charge on any atom is -0.374 e. The Morgan fingerprint density at radius 3 is 2.57 bits per heavy atom. The Kier molecular flexibility index (Phi) is 3.06. The smallest absolute Gasteiger partial charge is 0.123 e. The monoisotopic (exact) mass is 194 g/mol. The first kappa shape index (κ1) is 10.9. The number of hydrogen-bond acceptors (Lipinski definition) is 1. The molecule has 0 aromatic heterocycles. The van der Waals surface area contributed by atoms with Crippen LogP contribution in [0.15, 0.2) is 24.8 Å². The minimum atomic E-state index is -0.494. The van der Waals surface area contributed by atoms with E-state index in [2.05, 4.69) is 6.58 Å². The Balaban J connectivity index is 3.30. The van der Waals surface area contributed by atoms with Gasteiger partial charge in [0.25, 0.3) is 0 Å². The summed E-state index contributed by atoms with van der Waals surface area (Å²) in [6, 6.07) is 4.62. The van der Waals surface area contributed by atoms with Gasteiger partial charge < -0.3 is 4.74 Å². The van der Waals surface area contributed by atoms with E-state index in [0.717, 1.165) is 11.1 Å². The molecule has 1 nitrogen and oxygen atoms in total. The average Bonchev–Trinajstić information content (AvgIpc) is 2.18. The normalized spacial score (nSPS) is 11.4. The minimum absolute atomic E-state index is 0.254. The molecule has 1 aromatic rings. The summed E-state index contributed by atoms with van der Waals surface area (Å²) in [5, 5.41) is 0. The third-order valence-corrected chi connectivity index (χ3v) is 2.39. The molecule has 0 heterocycles. The highest BCUT2D eigenvalue weighted by atomic mass is 19.1. The fourth-order valence-electron chi connectivity index (χ4n) is 1.34. The van der Waals surface area contributed by atoms with Crippen molar-refractivity contribution in [3.8, 4) is 0 Å². The Morgan fingerprint density at radius 1 is 1.43 bits per heavy atom. The fraction of sp³-hybridized carbons (Fsp3) is 0.333. The Labute approximate surface area is 84.2 Å². The first-order valence-electron chi connectivity index (χ1n) is 4.49. The number of hydrogen-bond donors (Lipinski definition) is 0. The first-order chi connectivity index (χ1) is 6.51. The maximum absolute atomic E-state index is 13.1. The molecule has 0 saturated carbocycles. The summed E-state index contributed by atoms with van der Waals surface area (Å²) < 4.78 is 18.4. The molecule has 2 heteroatoms. The molecule has 0 atom stereocenters. The average molecular weight is 194 g/mol. The molecule has 0 aliphatic carbocycles. The van der Waals surface area contributed by atoms with E-state index in [4.69, 9.17) is 4.74 Å². The van der Waals surface area contributed by atoms with Gasteiger partial charge in [-0.05, 0) is 37.1 Å². The van der Waals surface area contributed by atoms with Crippen molar-refractivity contribution in [2.75, 3.05) is 7.11 Å². The Hall–Kier alpha value is -1.15. The maximum Gasteiger partial charge on any atom is 0.123 e.